The summed E-state index contributed by atoms with van der Waals surface area (Å²) in [6, 6.07) is 4.10. The van der Waals surface area contributed by atoms with E-state index in [1.54, 1.807) is 11.8 Å². The molecule has 0 spiro atoms. The number of nitrogens with two attached hydrogens (primary N) is 1. The van der Waals surface area contributed by atoms with Crippen LogP contribution in [-0.4, -0.2) is 29.1 Å². The summed E-state index contributed by atoms with van der Waals surface area (Å²) in [6.07, 6.45) is 0.375. The molecule has 1 atom stereocenters. The van der Waals surface area contributed by atoms with E-state index in [9.17, 15) is 9.18 Å². The van der Waals surface area contributed by atoms with Crippen LogP contribution in [0.4, 0.5) is 15.8 Å². The predicted molar refractivity (Wildman–Crippen MR) is 77.6 cm³/mol. The molecule has 0 saturated heterocycles. The molecule has 0 saturated carbocycles. The van der Waals surface area contributed by atoms with Crippen molar-refractivity contribution >= 4 is 29.0 Å². The molecule has 0 aromatic heterocycles. The van der Waals surface area contributed by atoms with E-state index in [0.717, 1.165) is 5.75 Å². The Balaban J connectivity index is 2.29. The van der Waals surface area contributed by atoms with Crippen LogP contribution in [0.2, 0.25) is 0 Å². The predicted octanol–water partition coefficient (Wildman–Crippen LogP) is 2.10. The van der Waals surface area contributed by atoms with E-state index in [0.29, 0.717) is 17.9 Å². The van der Waals surface area contributed by atoms with Gasteiger partial charge in [0.25, 0.3) is 0 Å². The van der Waals surface area contributed by atoms with Gasteiger partial charge in [-0.1, -0.05) is 6.92 Å². The highest BCUT2D eigenvalue weighted by atomic mass is 32.2. The summed E-state index contributed by atoms with van der Waals surface area (Å²) < 4.78 is 12.9. The number of anilines is 2. The Bertz CT molecular complexity index is 429. The molecule has 6 heteroatoms. The van der Waals surface area contributed by atoms with Gasteiger partial charge in [-0.3, -0.25) is 4.79 Å². The van der Waals surface area contributed by atoms with Crippen LogP contribution in [0.25, 0.3) is 0 Å². The summed E-state index contributed by atoms with van der Waals surface area (Å²) in [5, 5.41) is 11.5. The van der Waals surface area contributed by atoms with E-state index in [1.165, 1.54) is 18.2 Å². The first-order valence-electron chi connectivity index (χ1n) is 6.06. The van der Waals surface area contributed by atoms with Crippen molar-refractivity contribution in [3.8, 4) is 0 Å². The highest BCUT2D eigenvalue weighted by Gasteiger charge is 2.06. The molecule has 4 nitrogen and oxygen atoms in total. The number of benzene rings is 1. The molecule has 1 aromatic rings. The van der Waals surface area contributed by atoms with Crippen LogP contribution in [-0.2, 0) is 4.79 Å². The summed E-state index contributed by atoms with van der Waals surface area (Å²) in [4.78, 5) is 11.6. The van der Waals surface area contributed by atoms with Crippen molar-refractivity contribution < 1.29 is 14.3 Å². The van der Waals surface area contributed by atoms with Crippen molar-refractivity contribution in [2.75, 3.05) is 29.2 Å². The van der Waals surface area contributed by atoms with Gasteiger partial charge >= 0.3 is 0 Å². The van der Waals surface area contributed by atoms with Gasteiger partial charge in [-0.2, -0.15) is 11.8 Å². The van der Waals surface area contributed by atoms with Gasteiger partial charge in [-0.25, -0.2) is 4.39 Å². The van der Waals surface area contributed by atoms with Crippen LogP contribution in [0.1, 0.15) is 13.3 Å². The van der Waals surface area contributed by atoms with E-state index in [-0.39, 0.29) is 24.1 Å². The maximum atomic E-state index is 12.9. The highest BCUT2D eigenvalue weighted by Crippen LogP contribution is 2.17. The number of halogens is 1. The molecule has 0 radical (unpaired) electrons. The molecule has 0 aliphatic carbocycles. The SMILES string of the molecule is CC(CO)CSCCC(=O)Nc1ccc(F)c(N)c1. The van der Waals surface area contributed by atoms with Gasteiger partial charge in [0.05, 0.1) is 5.69 Å². The molecule has 1 aromatic carbocycles. The second kappa shape index (κ2) is 8.01. The van der Waals surface area contributed by atoms with Crippen molar-refractivity contribution in [1.82, 2.24) is 0 Å². The van der Waals surface area contributed by atoms with Crippen LogP contribution < -0.4 is 11.1 Å². The molecule has 106 valence electrons. The number of thioether (sulfide) groups is 1. The molecule has 1 amide bonds. The Labute approximate surface area is 116 Å². The molecule has 0 fully saturated rings. The van der Waals surface area contributed by atoms with Gasteiger partial charge in [-0.15, -0.1) is 0 Å². The number of aliphatic hydroxyl groups is 1. The molecule has 0 heterocycles. The monoisotopic (exact) mass is 286 g/mol. The first-order chi connectivity index (χ1) is 9.02. The van der Waals surface area contributed by atoms with Gasteiger partial charge in [0.2, 0.25) is 5.91 Å². The number of nitrogen functional groups attached to an aromatic ring is 1. The van der Waals surface area contributed by atoms with Crippen molar-refractivity contribution in [3.05, 3.63) is 24.0 Å². The number of hydrogen-bond donors (Lipinski definition) is 3. The van der Waals surface area contributed by atoms with Crippen LogP contribution in [0, 0.1) is 11.7 Å². The zero-order valence-corrected chi connectivity index (χ0v) is 11.7. The third-order valence-corrected chi connectivity index (χ3v) is 3.76. The van der Waals surface area contributed by atoms with E-state index >= 15 is 0 Å². The molecule has 4 N–H and O–H groups in total. The van der Waals surface area contributed by atoms with E-state index in [2.05, 4.69) is 5.32 Å². The summed E-state index contributed by atoms with van der Waals surface area (Å²) >= 11 is 1.62. The molecule has 1 rings (SSSR count). The van der Waals surface area contributed by atoms with Gasteiger partial charge in [0.1, 0.15) is 5.82 Å². The summed E-state index contributed by atoms with van der Waals surface area (Å²) in [5.74, 6) is 1.13. The standard InChI is InChI=1S/C13H19FN2O2S/c1-9(7-17)8-19-5-4-13(18)16-10-2-3-11(14)12(15)6-10/h2-3,6,9,17H,4-5,7-8,15H2,1H3,(H,16,18). The third kappa shape index (κ3) is 5.94. The minimum absolute atomic E-state index is 0.0175. The molecule has 0 bridgehead atoms. The number of aliphatic hydroxyl groups excluding tert-OH is 1. The lowest BCUT2D eigenvalue weighted by molar-refractivity contribution is -0.115. The Morgan fingerprint density at radius 1 is 1.58 bits per heavy atom. The smallest absolute Gasteiger partial charge is 0.225 e. The minimum atomic E-state index is -0.494. The summed E-state index contributed by atoms with van der Waals surface area (Å²) in [6.45, 7) is 2.11. The van der Waals surface area contributed by atoms with Crippen molar-refractivity contribution in [2.45, 2.75) is 13.3 Å². The van der Waals surface area contributed by atoms with Crippen LogP contribution in [0.5, 0.6) is 0 Å². The van der Waals surface area contributed by atoms with Crippen LogP contribution >= 0.6 is 11.8 Å². The number of carbonyl (C=O) groups is 1. The minimum Gasteiger partial charge on any atom is -0.396 e. The Morgan fingerprint density at radius 2 is 2.32 bits per heavy atom. The molecular formula is C13H19FN2O2S. The fourth-order valence-corrected chi connectivity index (χ4v) is 2.35. The van der Waals surface area contributed by atoms with Crippen LogP contribution in [0.15, 0.2) is 18.2 Å². The zero-order chi connectivity index (χ0) is 14.3. The number of rotatable bonds is 7. The van der Waals surface area contributed by atoms with Crippen molar-refractivity contribution in [2.24, 2.45) is 5.92 Å². The Kier molecular flexibility index (Phi) is 6.66. The second-order valence-corrected chi connectivity index (χ2v) is 5.55. The zero-order valence-electron chi connectivity index (χ0n) is 10.9. The normalized spacial score (nSPS) is 12.2. The molecule has 0 aliphatic rings. The lowest BCUT2D eigenvalue weighted by atomic mass is 10.2. The number of amides is 1. The third-order valence-electron chi connectivity index (χ3n) is 2.47. The molecule has 1 unspecified atom stereocenters. The Morgan fingerprint density at radius 3 is 2.95 bits per heavy atom. The van der Waals surface area contributed by atoms with Crippen molar-refractivity contribution in [1.29, 1.82) is 0 Å². The largest absolute Gasteiger partial charge is 0.396 e. The number of nitrogens with one attached hydrogen (secondary N) is 1. The van der Waals surface area contributed by atoms with Gasteiger partial charge in [0, 0.05) is 24.5 Å². The maximum absolute atomic E-state index is 12.9. The molecule has 0 aliphatic heterocycles. The highest BCUT2D eigenvalue weighted by molar-refractivity contribution is 7.99. The average molecular weight is 286 g/mol. The Hall–Kier alpha value is -1.27. The van der Waals surface area contributed by atoms with Gasteiger partial charge in [-0.05, 0) is 29.9 Å². The first kappa shape index (κ1) is 15.8. The lowest BCUT2D eigenvalue weighted by Gasteiger charge is -2.08. The molecular weight excluding hydrogens is 267 g/mol. The average Bonchev–Trinajstić information content (AvgIpc) is 2.38. The second-order valence-electron chi connectivity index (χ2n) is 4.40. The van der Waals surface area contributed by atoms with Gasteiger partial charge in [0.15, 0.2) is 0 Å². The summed E-state index contributed by atoms with van der Waals surface area (Å²) in [7, 11) is 0. The first-order valence-corrected chi connectivity index (χ1v) is 7.22. The van der Waals surface area contributed by atoms with E-state index in [4.69, 9.17) is 10.8 Å². The fourth-order valence-electron chi connectivity index (χ4n) is 1.35. The number of hydrogen-bond acceptors (Lipinski definition) is 4. The quantitative estimate of drug-likeness (QED) is 0.530. The van der Waals surface area contributed by atoms with Crippen LogP contribution in [0.3, 0.4) is 0 Å². The fraction of sp³-hybridized carbons (Fsp3) is 0.462. The van der Waals surface area contributed by atoms with Crippen molar-refractivity contribution in [3.63, 3.8) is 0 Å². The van der Waals surface area contributed by atoms with Gasteiger partial charge < -0.3 is 16.2 Å². The topological polar surface area (TPSA) is 75.3 Å². The number of carbonyl (C=O) groups excluding carboxylic acids is 1. The molecule has 19 heavy (non-hydrogen) atoms. The summed E-state index contributed by atoms with van der Waals surface area (Å²) in [5.41, 5.74) is 5.93. The lowest BCUT2D eigenvalue weighted by Crippen LogP contribution is -2.13. The van der Waals surface area contributed by atoms with E-state index < -0.39 is 5.82 Å². The van der Waals surface area contributed by atoms with E-state index in [1.807, 2.05) is 6.92 Å². The maximum Gasteiger partial charge on any atom is 0.225 e.